The Kier molecular flexibility index (Phi) is 5.07. The van der Waals surface area contributed by atoms with Gasteiger partial charge >= 0.3 is 0 Å². The van der Waals surface area contributed by atoms with Gasteiger partial charge in [0, 0.05) is 6.04 Å². The predicted octanol–water partition coefficient (Wildman–Crippen LogP) is 4.30. The SMILES string of the molecule is CCCNC(c1ccc(OCC)c(Br)c1)C1CC1. The van der Waals surface area contributed by atoms with Gasteiger partial charge in [-0.15, -0.1) is 0 Å². The van der Waals surface area contributed by atoms with Gasteiger partial charge in [0.05, 0.1) is 11.1 Å². The Morgan fingerprint density at radius 2 is 2.17 bits per heavy atom. The molecule has 1 aliphatic carbocycles. The van der Waals surface area contributed by atoms with E-state index in [2.05, 4.69) is 46.4 Å². The molecule has 0 aromatic heterocycles. The molecule has 0 amide bonds. The molecule has 1 fully saturated rings. The molecule has 1 saturated carbocycles. The maximum atomic E-state index is 5.56. The Hall–Kier alpha value is -0.540. The number of benzene rings is 1. The molecule has 0 spiro atoms. The van der Waals surface area contributed by atoms with E-state index in [0.29, 0.717) is 12.6 Å². The van der Waals surface area contributed by atoms with Gasteiger partial charge in [0.1, 0.15) is 5.75 Å². The number of halogens is 1. The Bertz CT molecular complexity index is 390. The molecular formula is C15H22BrNO. The highest BCUT2D eigenvalue weighted by atomic mass is 79.9. The van der Waals surface area contributed by atoms with Crippen molar-refractivity contribution in [2.45, 2.75) is 39.2 Å². The quantitative estimate of drug-likeness (QED) is 0.810. The van der Waals surface area contributed by atoms with Crippen LogP contribution in [0.4, 0.5) is 0 Å². The molecule has 0 saturated heterocycles. The minimum Gasteiger partial charge on any atom is -0.493 e. The van der Waals surface area contributed by atoms with Crippen molar-refractivity contribution in [2.24, 2.45) is 5.92 Å². The number of rotatable bonds is 7. The molecule has 100 valence electrons. The highest BCUT2D eigenvalue weighted by Gasteiger charge is 2.31. The third-order valence-electron chi connectivity index (χ3n) is 3.32. The molecule has 1 aliphatic rings. The summed E-state index contributed by atoms with van der Waals surface area (Å²) in [5, 5.41) is 3.66. The Morgan fingerprint density at radius 3 is 2.72 bits per heavy atom. The molecule has 1 aromatic carbocycles. The molecule has 1 aromatic rings. The van der Waals surface area contributed by atoms with Crippen LogP contribution < -0.4 is 10.1 Å². The van der Waals surface area contributed by atoms with Gasteiger partial charge in [0.25, 0.3) is 0 Å². The molecule has 0 aliphatic heterocycles. The average Bonchev–Trinajstić information content (AvgIpc) is 3.17. The van der Waals surface area contributed by atoms with Crippen molar-refractivity contribution in [1.82, 2.24) is 5.32 Å². The zero-order valence-electron chi connectivity index (χ0n) is 11.2. The van der Waals surface area contributed by atoms with Gasteiger partial charge in [-0.3, -0.25) is 0 Å². The summed E-state index contributed by atoms with van der Waals surface area (Å²) in [5.41, 5.74) is 1.38. The molecule has 3 heteroatoms. The maximum Gasteiger partial charge on any atom is 0.133 e. The first kappa shape index (κ1) is 13.9. The van der Waals surface area contributed by atoms with Crippen LogP contribution in [0.1, 0.15) is 44.7 Å². The highest BCUT2D eigenvalue weighted by molar-refractivity contribution is 9.10. The Morgan fingerprint density at radius 1 is 1.39 bits per heavy atom. The highest BCUT2D eigenvalue weighted by Crippen LogP contribution is 2.42. The van der Waals surface area contributed by atoms with Crippen molar-refractivity contribution in [2.75, 3.05) is 13.2 Å². The summed E-state index contributed by atoms with van der Waals surface area (Å²) in [6.45, 7) is 6.02. The van der Waals surface area contributed by atoms with E-state index in [1.807, 2.05) is 6.92 Å². The monoisotopic (exact) mass is 311 g/mol. The lowest BCUT2D eigenvalue weighted by Gasteiger charge is -2.19. The van der Waals surface area contributed by atoms with E-state index < -0.39 is 0 Å². The fourth-order valence-electron chi connectivity index (χ4n) is 2.27. The maximum absolute atomic E-state index is 5.56. The average molecular weight is 312 g/mol. The lowest BCUT2D eigenvalue weighted by Crippen LogP contribution is -2.23. The Labute approximate surface area is 118 Å². The van der Waals surface area contributed by atoms with E-state index >= 15 is 0 Å². The van der Waals surface area contributed by atoms with Crippen molar-refractivity contribution in [3.8, 4) is 5.75 Å². The van der Waals surface area contributed by atoms with Gasteiger partial charge in [0.15, 0.2) is 0 Å². The third kappa shape index (κ3) is 3.48. The van der Waals surface area contributed by atoms with Crippen molar-refractivity contribution < 1.29 is 4.74 Å². The second kappa shape index (κ2) is 6.58. The van der Waals surface area contributed by atoms with Crippen LogP contribution in [0.3, 0.4) is 0 Å². The Balaban J connectivity index is 2.12. The summed E-state index contributed by atoms with van der Waals surface area (Å²) in [7, 11) is 0. The van der Waals surface area contributed by atoms with Crippen LogP contribution in [-0.4, -0.2) is 13.2 Å². The normalized spacial score (nSPS) is 16.6. The number of hydrogen-bond donors (Lipinski definition) is 1. The smallest absolute Gasteiger partial charge is 0.133 e. The van der Waals surface area contributed by atoms with Gasteiger partial charge in [-0.1, -0.05) is 13.0 Å². The molecule has 0 radical (unpaired) electrons. The molecule has 1 N–H and O–H groups in total. The van der Waals surface area contributed by atoms with Gasteiger partial charge in [0.2, 0.25) is 0 Å². The molecule has 1 atom stereocenters. The van der Waals surface area contributed by atoms with E-state index in [0.717, 1.165) is 22.7 Å². The van der Waals surface area contributed by atoms with Crippen LogP contribution in [0, 0.1) is 5.92 Å². The molecule has 2 rings (SSSR count). The van der Waals surface area contributed by atoms with Gasteiger partial charge in [-0.05, 0) is 72.3 Å². The number of hydrogen-bond acceptors (Lipinski definition) is 2. The first-order valence-electron chi connectivity index (χ1n) is 6.91. The summed E-state index contributed by atoms with van der Waals surface area (Å²) in [6.07, 6.45) is 3.89. The molecule has 18 heavy (non-hydrogen) atoms. The van der Waals surface area contributed by atoms with Crippen LogP contribution in [0.25, 0.3) is 0 Å². The summed E-state index contributed by atoms with van der Waals surface area (Å²) >= 11 is 3.60. The first-order chi connectivity index (χ1) is 8.76. The van der Waals surface area contributed by atoms with Crippen LogP contribution in [0.15, 0.2) is 22.7 Å². The van der Waals surface area contributed by atoms with Gasteiger partial charge in [-0.2, -0.15) is 0 Å². The summed E-state index contributed by atoms with van der Waals surface area (Å²) in [6, 6.07) is 6.99. The van der Waals surface area contributed by atoms with Crippen molar-refractivity contribution in [3.63, 3.8) is 0 Å². The third-order valence-corrected chi connectivity index (χ3v) is 3.94. The summed E-state index contributed by atoms with van der Waals surface area (Å²) < 4.78 is 6.62. The van der Waals surface area contributed by atoms with Crippen molar-refractivity contribution in [1.29, 1.82) is 0 Å². The molecule has 0 heterocycles. The molecular weight excluding hydrogens is 290 g/mol. The molecule has 1 unspecified atom stereocenters. The van der Waals surface area contributed by atoms with Crippen LogP contribution in [0.5, 0.6) is 5.75 Å². The summed E-state index contributed by atoms with van der Waals surface area (Å²) in [4.78, 5) is 0. The first-order valence-corrected chi connectivity index (χ1v) is 7.71. The largest absolute Gasteiger partial charge is 0.493 e. The fourth-order valence-corrected chi connectivity index (χ4v) is 2.78. The fraction of sp³-hybridized carbons (Fsp3) is 0.600. The topological polar surface area (TPSA) is 21.3 Å². The molecule has 2 nitrogen and oxygen atoms in total. The van der Waals surface area contributed by atoms with Crippen molar-refractivity contribution in [3.05, 3.63) is 28.2 Å². The lowest BCUT2D eigenvalue weighted by molar-refractivity contribution is 0.337. The van der Waals surface area contributed by atoms with Gasteiger partial charge < -0.3 is 10.1 Å². The zero-order valence-corrected chi connectivity index (χ0v) is 12.8. The van der Waals surface area contributed by atoms with E-state index in [4.69, 9.17) is 4.74 Å². The van der Waals surface area contributed by atoms with E-state index in [1.54, 1.807) is 0 Å². The molecule has 0 bridgehead atoms. The second-order valence-electron chi connectivity index (χ2n) is 4.89. The van der Waals surface area contributed by atoms with Gasteiger partial charge in [-0.25, -0.2) is 0 Å². The standard InChI is InChI=1S/C15H22BrNO/c1-3-9-17-15(11-5-6-11)12-7-8-14(18-4-2)13(16)10-12/h7-8,10-11,15,17H,3-6,9H2,1-2H3. The van der Waals surface area contributed by atoms with Crippen LogP contribution in [0.2, 0.25) is 0 Å². The lowest BCUT2D eigenvalue weighted by atomic mass is 10.0. The van der Waals surface area contributed by atoms with Crippen LogP contribution in [-0.2, 0) is 0 Å². The van der Waals surface area contributed by atoms with E-state index in [1.165, 1.54) is 24.8 Å². The summed E-state index contributed by atoms with van der Waals surface area (Å²) in [5.74, 6) is 1.76. The minimum atomic E-state index is 0.511. The number of ether oxygens (including phenoxy) is 1. The van der Waals surface area contributed by atoms with E-state index in [-0.39, 0.29) is 0 Å². The second-order valence-corrected chi connectivity index (χ2v) is 5.75. The van der Waals surface area contributed by atoms with Crippen LogP contribution >= 0.6 is 15.9 Å². The predicted molar refractivity (Wildman–Crippen MR) is 79.1 cm³/mol. The zero-order chi connectivity index (χ0) is 13.0. The number of nitrogens with one attached hydrogen (secondary N) is 1. The minimum absolute atomic E-state index is 0.511. The van der Waals surface area contributed by atoms with E-state index in [9.17, 15) is 0 Å². The van der Waals surface area contributed by atoms with Crippen molar-refractivity contribution >= 4 is 15.9 Å².